The van der Waals surface area contributed by atoms with E-state index in [4.69, 9.17) is 16.3 Å². The number of benzene rings is 2. The van der Waals surface area contributed by atoms with E-state index in [1.54, 1.807) is 24.7 Å². The first-order valence-corrected chi connectivity index (χ1v) is 17.5. The van der Waals surface area contributed by atoms with Gasteiger partial charge in [0.2, 0.25) is 5.95 Å². The van der Waals surface area contributed by atoms with Crippen LogP contribution in [0.25, 0.3) is 0 Å². The van der Waals surface area contributed by atoms with Crippen LogP contribution in [0, 0.1) is 5.92 Å². The van der Waals surface area contributed by atoms with Crippen LogP contribution in [-0.4, -0.2) is 103 Å². The lowest BCUT2D eigenvalue weighted by atomic mass is 9.97. The molecule has 3 fully saturated rings. The van der Waals surface area contributed by atoms with Gasteiger partial charge in [0.1, 0.15) is 22.6 Å². The third-order valence-corrected chi connectivity index (χ3v) is 10.3. The fourth-order valence-corrected chi connectivity index (χ4v) is 7.28. The number of anilines is 6. The number of piperazine rings is 1. The fourth-order valence-electron chi connectivity index (χ4n) is 6.88. The number of hydrogen-bond acceptors (Lipinski definition) is 10. The molecule has 0 unspecified atom stereocenters. The van der Waals surface area contributed by atoms with Gasteiger partial charge in [0.15, 0.2) is 5.82 Å². The Balaban J connectivity index is 1.04. The van der Waals surface area contributed by atoms with E-state index in [9.17, 15) is 4.21 Å². The van der Waals surface area contributed by atoms with Crippen molar-refractivity contribution in [1.82, 2.24) is 25.1 Å². The Morgan fingerprint density at radius 2 is 1.76 bits per heavy atom. The molecule has 0 saturated carbocycles. The van der Waals surface area contributed by atoms with Gasteiger partial charge < -0.3 is 30.5 Å². The van der Waals surface area contributed by atoms with E-state index in [1.807, 2.05) is 30.3 Å². The third-order valence-electron chi connectivity index (χ3n) is 9.53. The predicted octanol–water partition coefficient (Wildman–Crippen LogP) is 4.51. The Kier molecular flexibility index (Phi) is 11.1. The molecule has 46 heavy (non-hydrogen) atoms. The van der Waals surface area contributed by atoms with Crippen LogP contribution in [0.5, 0.6) is 5.75 Å². The summed E-state index contributed by atoms with van der Waals surface area (Å²) >= 11 is 6.33. The van der Waals surface area contributed by atoms with Crippen LogP contribution in [0.2, 0.25) is 5.02 Å². The molecular weight excluding hydrogens is 622 g/mol. The highest BCUT2D eigenvalue weighted by Crippen LogP contribution is 2.35. The van der Waals surface area contributed by atoms with Gasteiger partial charge in [-0.3, -0.25) is 9.21 Å². The van der Waals surface area contributed by atoms with Crippen LogP contribution < -0.4 is 29.9 Å². The van der Waals surface area contributed by atoms with Crippen molar-refractivity contribution < 1.29 is 8.95 Å². The summed E-state index contributed by atoms with van der Waals surface area (Å²) in [7, 11) is 3.42. The number of methoxy groups -OCH3 is 1. The van der Waals surface area contributed by atoms with Crippen LogP contribution in [0.3, 0.4) is 0 Å². The zero-order valence-electron chi connectivity index (χ0n) is 26.8. The monoisotopic (exact) mass is 667 g/mol. The maximum Gasteiger partial charge on any atom is 0.229 e. The number of hydrogen-bond donors (Lipinski definition) is 4. The van der Waals surface area contributed by atoms with Gasteiger partial charge in [-0.1, -0.05) is 23.7 Å². The average Bonchev–Trinajstić information content (AvgIpc) is 3.10. The summed E-state index contributed by atoms with van der Waals surface area (Å²) in [5.74, 6) is 2.40. The zero-order chi connectivity index (χ0) is 31.9. The van der Waals surface area contributed by atoms with Gasteiger partial charge >= 0.3 is 0 Å². The minimum absolute atomic E-state index is 0.118. The lowest BCUT2D eigenvalue weighted by molar-refractivity contribution is 0.0728. The van der Waals surface area contributed by atoms with Crippen molar-refractivity contribution in [2.45, 2.75) is 31.7 Å². The second-order valence-electron chi connectivity index (χ2n) is 12.4. The predicted molar refractivity (Wildman–Crippen MR) is 190 cm³/mol. The van der Waals surface area contributed by atoms with Crippen LogP contribution in [0.1, 0.15) is 25.7 Å². The van der Waals surface area contributed by atoms with Crippen molar-refractivity contribution in [3.8, 4) is 5.75 Å². The van der Waals surface area contributed by atoms with Crippen molar-refractivity contribution in [3.63, 3.8) is 0 Å². The molecule has 0 radical (unpaired) electrons. The van der Waals surface area contributed by atoms with Crippen molar-refractivity contribution in [2.24, 2.45) is 5.92 Å². The van der Waals surface area contributed by atoms with E-state index in [2.05, 4.69) is 52.8 Å². The summed E-state index contributed by atoms with van der Waals surface area (Å²) in [5, 5.41) is 10.4. The Morgan fingerprint density at radius 1 is 1.00 bits per heavy atom. The van der Waals surface area contributed by atoms with E-state index in [1.165, 1.54) is 71.5 Å². The molecule has 0 bridgehead atoms. The minimum Gasteiger partial charge on any atom is -0.494 e. The molecule has 3 aromatic rings. The topological polar surface area (TPSA) is 101 Å². The average molecular weight is 668 g/mol. The second kappa shape index (κ2) is 15.6. The molecule has 1 aromatic heterocycles. The summed E-state index contributed by atoms with van der Waals surface area (Å²) in [6.07, 6.45) is 6.56. The van der Waals surface area contributed by atoms with Crippen LogP contribution in [0.4, 0.5) is 34.5 Å². The van der Waals surface area contributed by atoms with Gasteiger partial charge in [0.05, 0.1) is 30.4 Å². The third kappa shape index (κ3) is 8.03. The number of thiol groups is 1. The summed E-state index contributed by atoms with van der Waals surface area (Å²) in [4.78, 5) is 16.9. The normalized spacial score (nSPS) is 18.8. The highest BCUT2D eigenvalue weighted by Gasteiger charge is 2.29. The fraction of sp³-hybridized carbons (Fsp3) is 0.515. The van der Waals surface area contributed by atoms with E-state index in [0.29, 0.717) is 22.8 Å². The number of aromatic nitrogens is 2. The molecule has 13 heteroatoms. The molecule has 6 rings (SSSR count). The molecule has 0 aliphatic carbocycles. The summed E-state index contributed by atoms with van der Waals surface area (Å²) < 4.78 is 18.9. The van der Waals surface area contributed by atoms with E-state index < -0.39 is 0 Å². The number of piperidine rings is 2. The molecule has 4 heterocycles. The number of halogens is 1. The zero-order valence-corrected chi connectivity index (χ0v) is 28.4. The van der Waals surface area contributed by atoms with Crippen molar-refractivity contribution in [3.05, 3.63) is 53.7 Å². The SMILES string of the molecule is COc1cc(N2CCC(N3CCN(CC4CCNCC4)CC3)CC2)ccc1Nc1ncc(Cl)c(Nc2ccccc2N(C)[SH]=O)n1. The van der Waals surface area contributed by atoms with Gasteiger partial charge in [0.25, 0.3) is 0 Å². The Morgan fingerprint density at radius 3 is 2.50 bits per heavy atom. The molecule has 3 N–H and O–H groups in total. The molecule has 248 valence electrons. The van der Waals surface area contributed by atoms with Gasteiger partial charge in [-0.25, -0.2) is 9.19 Å². The van der Waals surface area contributed by atoms with Gasteiger partial charge in [0, 0.05) is 70.7 Å². The molecular formula is C33H46ClN9O2S. The summed E-state index contributed by atoms with van der Waals surface area (Å²) in [6, 6.07) is 14.4. The quantitative estimate of drug-likeness (QED) is 0.219. The number of ether oxygens (including phenoxy) is 1. The molecule has 3 saturated heterocycles. The molecule has 0 spiro atoms. The molecule has 2 aromatic carbocycles. The Labute approximate surface area is 281 Å². The van der Waals surface area contributed by atoms with Crippen molar-refractivity contribution in [1.29, 1.82) is 0 Å². The maximum atomic E-state index is 11.5. The van der Waals surface area contributed by atoms with E-state index in [-0.39, 0.29) is 11.9 Å². The first-order valence-electron chi connectivity index (χ1n) is 16.3. The Hall–Kier alpha value is -3.16. The van der Waals surface area contributed by atoms with Gasteiger partial charge in [-0.2, -0.15) is 4.98 Å². The maximum absolute atomic E-state index is 11.5. The smallest absolute Gasteiger partial charge is 0.229 e. The molecule has 0 amide bonds. The van der Waals surface area contributed by atoms with Crippen molar-refractivity contribution >= 4 is 58.0 Å². The minimum atomic E-state index is -0.118. The molecule has 3 aliphatic rings. The molecule has 3 aliphatic heterocycles. The molecule has 0 atom stereocenters. The van der Waals surface area contributed by atoms with Crippen molar-refractivity contribution in [2.75, 3.05) is 92.9 Å². The highest BCUT2D eigenvalue weighted by molar-refractivity contribution is 7.67. The largest absolute Gasteiger partial charge is 0.494 e. The van der Waals surface area contributed by atoms with Gasteiger partial charge in [-0.15, -0.1) is 0 Å². The number of para-hydroxylation sites is 2. The lowest BCUT2D eigenvalue weighted by Crippen LogP contribution is -2.54. The first kappa shape index (κ1) is 32.8. The second-order valence-corrected chi connectivity index (χ2v) is 13.6. The number of rotatable bonds is 11. The first-order chi connectivity index (χ1) is 22.5. The van der Waals surface area contributed by atoms with E-state index >= 15 is 0 Å². The molecule has 11 nitrogen and oxygen atoms in total. The Bertz CT molecular complexity index is 1460. The van der Waals surface area contributed by atoms with Crippen LogP contribution in [0.15, 0.2) is 48.7 Å². The lowest BCUT2D eigenvalue weighted by Gasteiger charge is -2.44. The van der Waals surface area contributed by atoms with Gasteiger partial charge in [-0.05, 0) is 69.0 Å². The highest BCUT2D eigenvalue weighted by atomic mass is 35.5. The summed E-state index contributed by atoms with van der Waals surface area (Å²) in [6.45, 7) is 10.5. The number of nitrogens with one attached hydrogen (secondary N) is 3. The summed E-state index contributed by atoms with van der Waals surface area (Å²) in [5.41, 5.74) is 3.39. The van der Waals surface area contributed by atoms with E-state index in [0.717, 1.165) is 47.5 Å². The van der Waals surface area contributed by atoms with Crippen LogP contribution in [-0.2, 0) is 11.9 Å². The standard InChI is InChI=1S/C33H46ClN9O2S/c1-40(46-44)30-6-4-3-5-28(30)37-32-27(34)22-36-33(39-32)38-29-8-7-26(21-31(29)45-2)42-15-11-25(12-16-42)43-19-17-41(18-20-43)23-24-9-13-35-14-10-24/h3-8,21-22,24-25,35,46H,9-20,23H2,1-2H3,(H2,36,37,38,39). The number of nitrogens with zero attached hydrogens (tertiary/aromatic N) is 6. The van der Waals surface area contributed by atoms with Crippen LogP contribution >= 0.6 is 11.6 Å².